The molecule has 1 aliphatic carbocycles. The van der Waals surface area contributed by atoms with Crippen molar-refractivity contribution < 1.29 is 0 Å². The molecule has 21 heavy (non-hydrogen) atoms. The quantitative estimate of drug-likeness (QED) is 0.757. The molecule has 0 unspecified atom stereocenters. The molecule has 3 atom stereocenters. The fraction of sp³-hybridized carbons (Fsp3) is 0.467. The fourth-order valence-electron chi connectivity index (χ4n) is 3.66. The van der Waals surface area contributed by atoms with Crippen molar-refractivity contribution in [1.29, 1.82) is 0 Å². The van der Waals surface area contributed by atoms with E-state index in [1.807, 2.05) is 18.2 Å². The lowest BCUT2D eigenvalue weighted by atomic mass is 10.1. The van der Waals surface area contributed by atoms with E-state index in [9.17, 15) is 9.59 Å². The van der Waals surface area contributed by atoms with Gasteiger partial charge < -0.3 is 0 Å². The highest BCUT2D eigenvalue weighted by atomic mass is 35.5. The molecule has 1 fully saturated rings. The van der Waals surface area contributed by atoms with Gasteiger partial charge in [0.2, 0.25) is 0 Å². The van der Waals surface area contributed by atoms with Crippen LogP contribution in [0.4, 0.5) is 0 Å². The van der Waals surface area contributed by atoms with Crippen LogP contribution in [0.25, 0.3) is 5.69 Å². The van der Waals surface area contributed by atoms with Crippen LogP contribution in [0.3, 0.4) is 0 Å². The Bertz CT molecular complexity index is 789. The van der Waals surface area contributed by atoms with Crippen LogP contribution in [0.2, 0.25) is 0 Å². The van der Waals surface area contributed by atoms with Gasteiger partial charge in [-0.1, -0.05) is 18.2 Å². The predicted octanol–water partition coefficient (Wildman–Crippen LogP) is 2.08. The lowest BCUT2D eigenvalue weighted by molar-refractivity contribution is 0.242. The van der Waals surface area contributed by atoms with Gasteiger partial charge in [-0.3, -0.25) is 0 Å². The molecule has 110 valence electrons. The van der Waals surface area contributed by atoms with Gasteiger partial charge in [-0.2, -0.15) is 0 Å². The molecule has 5 rings (SSSR count). The molecule has 2 aliphatic heterocycles. The SMILES string of the molecule is O=c1n(-c2ccccc2)c(=O)n2n1[C@@H]1CC[C@@H]2[C@@H](Cl)CC1. The summed E-state index contributed by atoms with van der Waals surface area (Å²) in [5, 5.41) is -0.0764. The monoisotopic (exact) mass is 305 g/mol. The standard InChI is InChI=1S/C15H16ClN3O2/c16-12-8-6-11-7-9-13(12)19-15(21)17(14(20)18(11)19)10-4-2-1-3-5-10/h1-5,11-13H,6-9H2/t11-,12-,13+/m0/s1. The van der Waals surface area contributed by atoms with Crippen molar-refractivity contribution in [3.05, 3.63) is 51.3 Å². The zero-order chi connectivity index (χ0) is 14.6. The molecule has 1 aromatic heterocycles. The van der Waals surface area contributed by atoms with Crippen LogP contribution in [0.5, 0.6) is 0 Å². The molecule has 0 N–H and O–H groups in total. The van der Waals surface area contributed by atoms with Gasteiger partial charge in [0.1, 0.15) is 0 Å². The molecular weight excluding hydrogens is 290 g/mol. The molecular formula is C15H16ClN3O2. The summed E-state index contributed by atoms with van der Waals surface area (Å²) in [6.45, 7) is 0. The molecule has 5 nitrogen and oxygen atoms in total. The summed E-state index contributed by atoms with van der Waals surface area (Å²) in [6.07, 6.45) is 3.52. The van der Waals surface area contributed by atoms with E-state index < -0.39 is 0 Å². The van der Waals surface area contributed by atoms with Crippen molar-refractivity contribution in [3.63, 3.8) is 0 Å². The maximum absolute atomic E-state index is 12.8. The van der Waals surface area contributed by atoms with Gasteiger partial charge in [0, 0.05) is 0 Å². The maximum Gasteiger partial charge on any atom is 0.352 e. The molecule has 1 aromatic carbocycles. The second-order valence-electron chi connectivity index (χ2n) is 5.82. The molecule has 2 bridgehead atoms. The molecule has 0 radical (unpaired) electrons. The average Bonchev–Trinajstić information content (AvgIpc) is 2.64. The number of halogens is 1. The van der Waals surface area contributed by atoms with Gasteiger partial charge >= 0.3 is 11.4 Å². The number of rotatable bonds is 1. The summed E-state index contributed by atoms with van der Waals surface area (Å²) < 4.78 is 4.51. The minimum absolute atomic E-state index is 0.0735. The molecule has 6 heteroatoms. The van der Waals surface area contributed by atoms with E-state index in [4.69, 9.17) is 11.6 Å². The van der Waals surface area contributed by atoms with Crippen LogP contribution < -0.4 is 11.4 Å². The Hall–Kier alpha value is -1.75. The number of hydrogen-bond acceptors (Lipinski definition) is 2. The Morgan fingerprint density at radius 1 is 0.905 bits per heavy atom. The van der Waals surface area contributed by atoms with Crippen LogP contribution in [-0.4, -0.2) is 19.3 Å². The number of alkyl halides is 1. The van der Waals surface area contributed by atoms with E-state index >= 15 is 0 Å². The van der Waals surface area contributed by atoms with Crippen molar-refractivity contribution in [1.82, 2.24) is 13.9 Å². The Kier molecular flexibility index (Phi) is 2.85. The number of hydrogen-bond donors (Lipinski definition) is 0. The van der Waals surface area contributed by atoms with Crippen LogP contribution in [0, 0.1) is 0 Å². The van der Waals surface area contributed by atoms with Crippen LogP contribution in [0.15, 0.2) is 39.9 Å². The largest absolute Gasteiger partial charge is 0.352 e. The minimum atomic E-state index is -0.270. The summed E-state index contributed by atoms with van der Waals surface area (Å²) in [6, 6.07) is 9.10. The lowest BCUT2D eigenvalue weighted by Gasteiger charge is -2.28. The number of aromatic nitrogens is 3. The van der Waals surface area contributed by atoms with Gasteiger partial charge in [-0.15, -0.1) is 11.6 Å². The third-order valence-corrected chi connectivity index (χ3v) is 5.18. The zero-order valence-corrected chi connectivity index (χ0v) is 12.2. The summed E-state index contributed by atoms with van der Waals surface area (Å²) in [7, 11) is 0. The predicted molar refractivity (Wildman–Crippen MR) is 80.5 cm³/mol. The molecule has 2 aromatic rings. The van der Waals surface area contributed by atoms with Gasteiger partial charge in [0.15, 0.2) is 0 Å². The van der Waals surface area contributed by atoms with Gasteiger partial charge in [-0.25, -0.2) is 23.5 Å². The summed E-state index contributed by atoms with van der Waals surface area (Å²) >= 11 is 6.44. The van der Waals surface area contributed by atoms with Gasteiger partial charge in [0.25, 0.3) is 0 Å². The highest BCUT2D eigenvalue weighted by Crippen LogP contribution is 2.39. The van der Waals surface area contributed by atoms with Crippen LogP contribution >= 0.6 is 11.6 Å². The first kappa shape index (κ1) is 13.0. The second-order valence-corrected chi connectivity index (χ2v) is 6.38. The summed E-state index contributed by atoms with van der Waals surface area (Å²) in [4.78, 5) is 25.5. The second kappa shape index (κ2) is 4.63. The third kappa shape index (κ3) is 1.77. The van der Waals surface area contributed by atoms with Crippen molar-refractivity contribution >= 4 is 11.6 Å². The first-order chi connectivity index (χ1) is 10.2. The van der Waals surface area contributed by atoms with Crippen molar-refractivity contribution in [2.45, 2.75) is 43.1 Å². The number of benzene rings is 1. The van der Waals surface area contributed by atoms with E-state index in [0.717, 1.165) is 25.7 Å². The maximum atomic E-state index is 12.8. The summed E-state index contributed by atoms with van der Waals surface area (Å²) in [5.74, 6) is 0. The Balaban J connectivity index is 2.01. The van der Waals surface area contributed by atoms with Crippen LogP contribution in [0.1, 0.15) is 37.8 Å². The Labute approximate surface area is 126 Å². The molecule has 0 spiro atoms. The number of fused-ring (bicyclic) bond motifs is 3. The van der Waals surface area contributed by atoms with E-state index in [1.165, 1.54) is 4.57 Å². The fourth-order valence-corrected chi connectivity index (χ4v) is 4.01. The Morgan fingerprint density at radius 3 is 2.33 bits per heavy atom. The molecule has 0 saturated heterocycles. The van der Waals surface area contributed by atoms with Crippen molar-refractivity contribution in [3.8, 4) is 5.69 Å². The van der Waals surface area contributed by atoms with E-state index in [1.54, 1.807) is 21.5 Å². The molecule has 1 saturated carbocycles. The third-order valence-electron chi connectivity index (χ3n) is 4.67. The van der Waals surface area contributed by atoms with Crippen LogP contribution in [-0.2, 0) is 0 Å². The molecule has 3 aliphatic rings. The van der Waals surface area contributed by atoms with Gasteiger partial charge in [0.05, 0.1) is 23.1 Å². The lowest BCUT2D eigenvalue weighted by Crippen LogP contribution is -2.37. The smallest absolute Gasteiger partial charge is 0.245 e. The number of nitrogens with zero attached hydrogens (tertiary/aromatic N) is 3. The van der Waals surface area contributed by atoms with Gasteiger partial charge in [-0.05, 0) is 37.8 Å². The van der Waals surface area contributed by atoms with E-state index in [0.29, 0.717) is 5.69 Å². The van der Waals surface area contributed by atoms with E-state index in [2.05, 4.69) is 0 Å². The Morgan fingerprint density at radius 2 is 1.57 bits per heavy atom. The number of para-hydroxylation sites is 1. The zero-order valence-electron chi connectivity index (χ0n) is 11.5. The minimum Gasteiger partial charge on any atom is -0.245 e. The highest BCUT2D eigenvalue weighted by Gasteiger charge is 2.39. The summed E-state index contributed by atoms with van der Waals surface area (Å²) in [5.41, 5.74) is 0.103. The first-order valence-corrected chi connectivity index (χ1v) is 7.77. The molecule has 3 heterocycles. The van der Waals surface area contributed by atoms with E-state index in [-0.39, 0.29) is 28.8 Å². The van der Waals surface area contributed by atoms with Crippen molar-refractivity contribution in [2.75, 3.05) is 0 Å². The first-order valence-electron chi connectivity index (χ1n) is 7.34. The topological polar surface area (TPSA) is 48.9 Å². The normalized spacial score (nSPS) is 27.4. The molecule has 0 amide bonds. The average molecular weight is 306 g/mol. The van der Waals surface area contributed by atoms with Crippen molar-refractivity contribution in [2.24, 2.45) is 0 Å². The highest BCUT2D eigenvalue weighted by molar-refractivity contribution is 6.20.